The number of amides is 4. The third kappa shape index (κ3) is 9.73. The number of imidazole rings is 2. The summed E-state index contributed by atoms with van der Waals surface area (Å²) in [5.41, 5.74) is 1.15. The summed E-state index contributed by atoms with van der Waals surface area (Å²) in [5, 5.41) is 14.5. The number of benzene rings is 4. The number of carboxylic acid groups (broad SMARTS) is 1. The van der Waals surface area contributed by atoms with E-state index in [1.807, 2.05) is 30.3 Å². The van der Waals surface area contributed by atoms with Crippen molar-refractivity contribution in [2.45, 2.75) is 114 Å². The number of halogens is 4. The van der Waals surface area contributed by atoms with Crippen LogP contribution in [0.15, 0.2) is 66.7 Å². The van der Waals surface area contributed by atoms with E-state index in [1.54, 1.807) is 59.4 Å². The van der Waals surface area contributed by atoms with Crippen LogP contribution in [-0.2, 0) is 19.1 Å². The number of anilines is 2. The van der Waals surface area contributed by atoms with Crippen molar-refractivity contribution in [2.75, 3.05) is 49.7 Å². The molecule has 4 aliphatic rings. The molecule has 0 aliphatic carbocycles. The molecule has 0 spiro atoms. The molecule has 17 nitrogen and oxygen atoms in total. The summed E-state index contributed by atoms with van der Waals surface area (Å²) < 4.78 is 78.5. The fourth-order valence-corrected chi connectivity index (χ4v) is 11.8. The van der Waals surface area contributed by atoms with Crippen molar-refractivity contribution in [3.05, 3.63) is 118 Å². The largest absolute Gasteiger partial charge is 0.465 e. The van der Waals surface area contributed by atoms with Gasteiger partial charge in [-0.15, -0.1) is 0 Å². The number of ether oxygens (including phenoxy) is 2. The smallest absolute Gasteiger partial charge is 0.407 e. The van der Waals surface area contributed by atoms with Crippen LogP contribution in [0.5, 0.6) is 0 Å². The van der Waals surface area contributed by atoms with Crippen LogP contribution >= 0.6 is 0 Å². The van der Waals surface area contributed by atoms with E-state index in [2.05, 4.69) is 20.6 Å². The zero-order chi connectivity index (χ0) is 53.7. The number of carbonyl (C=O) groups excluding carboxylic acids is 3. The van der Waals surface area contributed by atoms with E-state index in [4.69, 9.17) is 19.4 Å². The molecule has 0 unspecified atom stereocenters. The molecule has 4 aromatic carbocycles. The van der Waals surface area contributed by atoms with Crippen LogP contribution < -0.4 is 20.4 Å². The minimum absolute atomic E-state index is 0.0537. The predicted molar refractivity (Wildman–Crippen MR) is 274 cm³/mol. The molecule has 0 saturated carbocycles. The number of hydrogen-bond donors (Lipinski definition) is 5. The lowest BCUT2D eigenvalue weighted by atomic mass is 9.96. The van der Waals surface area contributed by atoms with Gasteiger partial charge in [0.1, 0.15) is 46.7 Å². The van der Waals surface area contributed by atoms with E-state index >= 15 is 17.6 Å². The molecule has 0 radical (unpaired) electrons. The SMILES string of the molecule is CC[C@](C)(NC(=O)OC)C(=O)N1CCC[C@H]1c1nc2cc([C@H]3CC[C@H](c4cc5nc([C@@H]6CCCN6C(=O)[C@@H](NC(=O)O)C(C)C)[nH]c5cc4F)N3c3cc(F)c(N4CCO[C@@H](c5ccccc5)C4)c(F)c3)c(F)cc2[nH]1. The summed E-state index contributed by atoms with van der Waals surface area (Å²) in [6.07, 6.45) is 0.600. The third-order valence-electron chi connectivity index (χ3n) is 15.8. The van der Waals surface area contributed by atoms with Crippen LogP contribution in [0.25, 0.3) is 22.1 Å². The molecule has 76 heavy (non-hydrogen) atoms. The number of rotatable bonds is 13. The molecule has 7 atom stereocenters. The molecule has 4 amide bonds. The number of likely N-dealkylation sites (tertiary alicyclic amines) is 2. The number of aromatic nitrogens is 4. The number of morpholine rings is 1. The fourth-order valence-electron chi connectivity index (χ4n) is 11.8. The maximum Gasteiger partial charge on any atom is 0.407 e. The Morgan fingerprint density at radius 2 is 1.36 bits per heavy atom. The first kappa shape index (κ1) is 52.0. The minimum atomic E-state index is -1.32. The van der Waals surface area contributed by atoms with Crippen molar-refractivity contribution in [1.82, 2.24) is 40.4 Å². The lowest BCUT2D eigenvalue weighted by Gasteiger charge is -2.36. The third-order valence-corrected chi connectivity index (χ3v) is 15.8. The van der Waals surface area contributed by atoms with Gasteiger partial charge in [-0.3, -0.25) is 9.59 Å². The zero-order valence-corrected chi connectivity index (χ0v) is 43.0. The number of methoxy groups -OCH3 is 1. The second kappa shape index (κ2) is 21.0. The Hall–Kier alpha value is -7.42. The Bertz CT molecular complexity index is 3170. The molecule has 4 aliphatic heterocycles. The molecule has 0 bridgehead atoms. The summed E-state index contributed by atoms with van der Waals surface area (Å²) >= 11 is 0. The number of nitrogens with zero attached hydrogens (tertiary/aromatic N) is 6. The van der Waals surface area contributed by atoms with Gasteiger partial charge in [0.05, 0.1) is 60.0 Å². The number of nitrogens with one attached hydrogen (secondary N) is 4. The first-order valence-electron chi connectivity index (χ1n) is 26.0. The van der Waals surface area contributed by atoms with E-state index in [-0.39, 0.29) is 73.3 Å². The summed E-state index contributed by atoms with van der Waals surface area (Å²) in [6.45, 7) is 8.31. The second-order valence-corrected chi connectivity index (χ2v) is 20.8. The van der Waals surface area contributed by atoms with Gasteiger partial charge in [0.15, 0.2) is 11.6 Å². The Morgan fingerprint density at radius 3 is 1.89 bits per heavy atom. The monoisotopic (exact) mass is 1050 g/mol. The Balaban J connectivity index is 1.01. The van der Waals surface area contributed by atoms with Crippen molar-refractivity contribution in [3.63, 3.8) is 0 Å². The Morgan fingerprint density at radius 1 is 0.789 bits per heavy atom. The van der Waals surface area contributed by atoms with Gasteiger partial charge in [0, 0.05) is 43.0 Å². The van der Waals surface area contributed by atoms with Gasteiger partial charge < -0.3 is 54.8 Å². The zero-order valence-electron chi connectivity index (χ0n) is 43.0. The summed E-state index contributed by atoms with van der Waals surface area (Å²) in [7, 11) is 1.22. The van der Waals surface area contributed by atoms with Crippen LogP contribution in [0.1, 0.15) is 131 Å². The molecule has 21 heteroatoms. The molecule has 4 saturated heterocycles. The van der Waals surface area contributed by atoms with Crippen LogP contribution in [0.2, 0.25) is 0 Å². The standard InChI is InChI=1S/C55H62F4N10O7/c1-6-55(4,65-54(74)75-5)52(71)68-19-11-15-45(68)50-61-39-25-33(35(57)27-41(39)63-50)43-17-16-42(69(43)31-22-36(58)48(37(59)23-31)66-20-21-76-46(28-66)30-12-8-7-9-13-30)32-24-38-40(26-34(32)56)62-49(60-38)44-14-10-18-67(44)51(70)47(29(2)3)64-53(72)73/h7-9,12-13,22-27,29,42-47,64H,6,10-11,14-21,28H2,1-5H3,(H,60,62)(H,61,63)(H,65,74)(H,72,73)/t42-,43-,44+,45+,46-,47+,55+/m1/s1. The summed E-state index contributed by atoms with van der Waals surface area (Å²) in [6, 6.07) is 13.8. The maximum atomic E-state index is 17.0. The molecule has 402 valence electrons. The molecular weight excluding hydrogens is 989 g/mol. The van der Waals surface area contributed by atoms with E-state index in [0.717, 1.165) is 5.56 Å². The van der Waals surface area contributed by atoms with Gasteiger partial charge in [0.25, 0.3) is 0 Å². The van der Waals surface area contributed by atoms with Crippen molar-refractivity contribution < 1.29 is 51.3 Å². The normalized spacial score (nSPS) is 22.2. The summed E-state index contributed by atoms with van der Waals surface area (Å²) in [4.78, 5) is 74.5. The van der Waals surface area contributed by atoms with Gasteiger partial charge in [-0.25, -0.2) is 37.1 Å². The fraction of sp³-hybridized carbons (Fsp3) is 0.455. The van der Waals surface area contributed by atoms with E-state index < -0.39 is 83.2 Å². The van der Waals surface area contributed by atoms with E-state index in [1.165, 1.54) is 31.4 Å². The van der Waals surface area contributed by atoms with Crippen molar-refractivity contribution >= 4 is 57.4 Å². The van der Waals surface area contributed by atoms with Gasteiger partial charge in [-0.1, -0.05) is 51.1 Å². The molecule has 4 fully saturated rings. The predicted octanol–water partition coefficient (Wildman–Crippen LogP) is 9.80. The molecule has 10 rings (SSSR count). The number of alkyl carbamates (subject to hydrolysis) is 1. The van der Waals surface area contributed by atoms with Gasteiger partial charge in [-0.05, 0) is 99.7 Å². The lowest BCUT2D eigenvalue weighted by Crippen LogP contribution is -2.57. The Kier molecular flexibility index (Phi) is 14.3. The van der Waals surface area contributed by atoms with Crippen LogP contribution in [0.4, 0.5) is 38.5 Å². The minimum Gasteiger partial charge on any atom is -0.465 e. The number of hydrogen-bond acceptors (Lipinski definition) is 10. The van der Waals surface area contributed by atoms with Crippen LogP contribution in [0.3, 0.4) is 0 Å². The maximum absolute atomic E-state index is 17.0. The molecule has 6 aromatic rings. The van der Waals surface area contributed by atoms with Crippen LogP contribution in [0, 0.1) is 29.2 Å². The Labute approximate surface area is 436 Å². The van der Waals surface area contributed by atoms with Crippen molar-refractivity contribution in [3.8, 4) is 0 Å². The van der Waals surface area contributed by atoms with Crippen LogP contribution in [-0.4, -0.2) is 110 Å². The molecule has 2 aromatic heterocycles. The van der Waals surface area contributed by atoms with Gasteiger partial charge >= 0.3 is 12.2 Å². The van der Waals surface area contributed by atoms with E-state index in [0.29, 0.717) is 72.5 Å². The second-order valence-electron chi connectivity index (χ2n) is 20.8. The average Bonchev–Trinajstić information content (AvgIpc) is 4.28. The number of carbonyl (C=O) groups is 4. The van der Waals surface area contributed by atoms with Crippen molar-refractivity contribution in [1.29, 1.82) is 0 Å². The number of fused-ring (bicyclic) bond motifs is 2. The lowest BCUT2D eigenvalue weighted by molar-refractivity contribution is -0.139. The first-order valence-corrected chi connectivity index (χ1v) is 26.0. The first-order chi connectivity index (χ1) is 36.5. The highest BCUT2D eigenvalue weighted by Gasteiger charge is 2.44. The highest BCUT2D eigenvalue weighted by Crippen LogP contribution is 2.50. The van der Waals surface area contributed by atoms with Gasteiger partial charge in [-0.2, -0.15) is 0 Å². The topological polar surface area (TPSA) is 201 Å². The highest BCUT2D eigenvalue weighted by molar-refractivity contribution is 5.90. The van der Waals surface area contributed by atoms with E-state index in [9.17, 15) is 24.3 Å². The number of aromatic amines is 2. The average molecular weight is 1050 g/mol. The van der Waals surface area contributed by atoms with Crippen molar-refractivity contribution in [2.24, 2.45) is 5.92 Å². The summed E-state index contributed by atoms with van der Waals surface area (Å²) in [5.74, 6) is -3.26. The molecular formula is C55H62F4N10O7. The van der Waals surface area contributed by atoms with Gasteiger partial charge in [0.2, 0.25) is 11.8 Å². The molecule has 6 heterocycles. The highest BCUT2D eigenvalue weighted by atomic mass is 19.1. The quantitative estimate of drug-likeness (QED) is 0.0690. The molecule has 5 N–H and O–H groups in total. The number of H-pyrrole nitrogens is 2.